The number of carbonyl (C=O) groups excluding carboxylic acids is 1. The van der Waals surface area contributed by atoms with E-state index in [1.54, 1.807) is 24.1 Å². The maximum Gasteiger partial charge on any atom is 0.409 e. The standard InChI is InChI=1S/C46H62N2O9/c1-6-8-25-53-45(51)48(5)41-30-39(47-57-42-17-11-14-26-52-42)37-28-33(15-9-12-22-49)36(16-10-13-23-50)43-38-29-35(55-34-19-18-31(3)32(4)27-34)20-21-40(38)56-46(41,44(37)43)54-24-7-2/h6-7,18-21,27-29,33,36,41-44,49-50H,1-2,8-17,22-26,30H2,3-5H3/t33-,36+,41-,42?,43+,44+,46+/m0/s1. The lowest BCUT2D eigenvalue weighted by Gasteiger charge is -2.59. The van der Waals surface area contributed by atoms with Crippen molar-refractivity contribution in [1.29, 1.82) is 0 Å². The van der Waals surface area contributed by atoms with Crippen molar-refractivity contribution in [3.05, 3.63) is 90.0 Å². The Kier molecular flexibility index (Phi) is 14.9. The van der Waals surface area contributed by atoms with Crippen molar-refractivity contribution in [2.45, 2.75) is 109 Å². The summed E-state index contributed by atoms with van der Waals surface area (Å²) < 4.78 is 32.4. The second kappa shape index (κ2) is 20.0. The molecular formula is C46H62N2O9. The van der Waals surface area contributed by atoms with Gasteiger partial charge in [0.2, 0.25) is 12.1 Å². The summed E-state index contributed by atoms with van der Waals surface area (Å²) in [6.07, 6.45) is 13.0. The highest BCUT2D eigenvalue weighted by molar-refractivity contribution is 6.02. The molecule has 57 heavy (non-hydrogen) atoms. The van der Waals surface area contributed by atoms with Crippen molar-refractivity contribution in [2.75, 3.05) is 40.1 Å². The van der Waals surface area contributed by atoms with Crippen LogP contribution in [0.2, 0.25) is 0 Å². The van der Waals surface area contributed by atoms with Crippen LogP contribution in [0.4, 0.5) is 4.79 Å². The molecule has 2 aliphatic carbocycles. The number of fused-ring (bicyclic) bond motifs is 2. The Morgan fingerprint density at radius 3 is 2.49 bits per heavy atom. The number of allylic oxidation sites excluding steroid dienone is 1. The third kappa shape index (κ3) is 9.60. The first-order valence-electron chi connectivity index (χ1n) is 20.9. The quantitative estimate of drug-likeness (QED) is 0.0815. The van der Waals surface area contributed by atoms with Gasteiger partial charge in [-0.05, 0) is 118 Å². The summed E-state index contributed by atoms with van der Waals surface area (Å²) in [7, 11) is 1.73. The van der Waals surface area contributed by atoms with Crippen LogP contribution >= 0.6 is 0 Å². The Bertz CT molecular complexity index is 1750. The van der Waals surface area contributed by atoms with Crippen molar-refractivity contribution in [3.63, 3.8) is 0 Å². The van der Waals surface area contributed by atoms with Crippen LogP contribution in [0.5, 0.6) is 17.2 Å². The number of hydrogen-bond acceptors (Lipinski definition) is 10. The van der Waals surface area contributed by atoms with Crippen LogP contribution in [0.3, 0.4) is 0 Å². The number of likely N-dealkylation sites (N-methyl/N-ethyl adjacent to an activating group) is 1. The molecule has 4 aliphatic rings. The van der Waals surface area contributed by atoms with E-state index in [9.17, 15) is 15.0 Å². The zero-order chi connectivity index (χ0) is 40.4. The van der Waals surface area contributed by atoms with E-state index < -0.39 is 30.1 Å². The molecule has 7 atom stereocenters. The third-order valence-corrected chi connectivity index (χ3v) is 12.1. The van der Waals surface area contributed by atoms with Gasteiger partial charge < -0.3 is 43.6 Å². The molecule has 1 unspecified atom stereocenters. The van der Waals surface area contributed by atoms with E-state index in [-0.39, 0.29) is 50.6 Å². The second-order valence-corrected chi connectivity index (χ2v) is 15.8. The lowest BCUT2D eigenvalue weighted by molar-refractivity contribution is -0.254. The molecule has 1 saturated carbocycles. The number of aliphatic hydroxyl groups excluding tert-OH is 2. The topological polar surface area (TPSA) is 129 Å². The van der Waals surface area contributed by atoms with Crippen LogP contribution in [0, 0.1) is 31.6 Å². The molecule has 2 fully saturated rings. The van der Waals surface area contributed by atoms with Crippen molar-refractivity contribution in [3.8, 4) is 17.2 Å². The molecule has 2 aromatic carbocycles. The Hall–Kier alpha value is -4.16. The van der Waals surface area contributed by atoms with Gasteiger partial charge in [0.25, 0.3) is 0 Å². The first-order chi connectivity index (χ1) is 27.7. The summed E-state index contributed by atoms with van der Waals surface area (Å²) in [6, 6.07) is 11.4. The van der Waals surface area contributed by atoms with E-state index in [4.69, 9.17) is 33.7 Å². The highest BCUT2D eigenvalue weighted by Gasteiger charge is 2.65. The fraction of sp³-hybridized carbons (Fsp3) is 0.565. The summed E-state index contributed by atoms with van der Waals surface area (Å²) in [5, 5.41) is 24.6. The van der Waals surface area contributed by atoms with Crippen LogP contribution in [-0.4, -0.2) is 85.1 Å². The Balaban J connectivity index is 1.54. The lowest BCUT2D eigenvalue weighted by atomic mass is 9.55. The number of oxime groups is 1. The Morgan fingerprint density at radius 1 is 1.00 bits per heavy atom. The van der Waals surface area contributed by atoms with Gasteiger partial charge in [-0.15, -0.1) is 13.2 Å². The van der Waals surface area contributed by atoms with Gasteiger partial charge in [0, 0.05) is 44.6 Å². The molecule has 0 bridgehead atoms. The molecule has 6 rings (SSSR count). The van der Waals surface area contributed by atoms with Crippen LogP contribution in [0.1, 0.15) is 93.2 Å². The first kappa shape index (κ1) is 42.4. The number of hydrogen-bond donors (Lipinski definition) is 2. The van der Waals surface area contributed by atoms with Gasteiger partial charge >= 0.3 is 6.09 Å². The number of unbranched alkanes of at least 4 members (excludes halogenated alkanes) is 2. The maximum absolute atomic E-state index is 13.9. The van der Waals surface area contributed by atoms with Gasteiger partial charge in [-0.1, -0.05) is 42.3 Å². The molecular weight excluding hydrogens is 725 g/mol. The number of rotatable bonds is 19. The van der Waals surface area contributed by atoms with E-state index in [2.05, 4.69) is 45.2 Å². The lowest BCUT2D eigenvalue weighted by Crippen LogP contribution is -2.69. The minimum Gasteiger partial charge on any atom is -0.459 e. The van der Waals surface area contributed by atoms with Gasteiger partial charge in [-0.25, -0.2) is 4.79 Å². The number of aliphatic hydroxyl groups is 2. The number of amides is 1. The molecule has 11 nitrogen and oxygen atoms in total. The summed E-state index contributed by atoms with van der Waals surface area (Å²) in [4.78, 5) is 21.7. The number of aryl methyl sites for hydroxylation is 2. The highest BCUT2D eigenvalue weighted by atomic mass is 16.8. The average Bonchev–Trinajstić information content (AvgIpc) is 3.22. The monoisotopic (exact) mass is 786 g/mol. The molecule has 1 saturated heterocycles. The highest BCUT2D eigenvalue weighted by Crippen LogP contribution is 2.62. The largest absolute Gasteiger partial charge is 0.459 e. The normalized spacial score (nSPS) is 27.0. The fourth-order valence-corrected chi connectivity index (χ4v) is 9.08. The molecule has 2 aliphatic heterocycles. The van der Waals surface area contributed by atoms with Gasteiger partial charge in [-0.3, -0.25) is 0 Å². The zero-order valence-electron chi connectivity index (χ0n) is 34.0. The Labute approximate surface area is 338 Å². The number of carbonyl (C=O) groups is 1. The molecule has 1 amide bonds. The molecule has 2 heterocycles. The predicted octanol–water partition coefficient (Wildman–Crippen LogP) is 8.90. The van der Waals surface area contributed by atoms with Crippen molar-refractivity contribution >= 4 is 11.8 Å². The van der Waals surface area contributed by atoms with Crippen molar-refractivity contribution < 1.29 is 43.5 Å². The fourth-order valence-electron chi connectivity index (χ4n) is 9.08. The minimum atomic E-state index is -1.37. The van der Waals surface area contributed by atoms with Gasteiger partial charge in [0.1, 0.15) is 23.3 Å². The van der Waals surface area contributed by atoms with Gasteiger partial charge in [0.15, 0.2) is 0 Å². The van der Waals surface area contributed by atoms with E-state index in [1.165, 1.54) is 5.56 Å². The first-order valence-corrected chi connectivity index (χ1v) is 20.9. The van der Waals surface area contributed by atoms with Crippen molar-refractivity contribution in [1.82, 2.24) is 4.90 Å². The summed E-state index contributed by atoms with van der Waals surface area (Å²) in [5.41, 5.74) is 4.99. The van der Waals surface area contributed by atoms with Crippen LogP contribution < -0.4 is 9.47 Å². The van der Waals surface area contributed by atoms with E-state index in [0.29, 0.717) is 43.1 Å². The Morgan fingerprint density at radius 2 is 1.77 bits per heavy atom. The van der Waals surface area contributed by atoms with Crippen molar-refractivity contribution in [2.24, 2.45) is 22.9 Å². The number of benzene rings is 2. The number of ether oxygens (including phenoxy) is 5. The molecule has 0 radical (unpaired) electrons. The number of nitrogens with zero attached hydrogens (tertiary/aromatic N) is 2. The third-order valence-electron chi connectivity index (χ3n) is 12.1. The smallest absolute Gasteiger partial charge is 0.409 e. The van der Waals surface area contributed by atoms with Gasteiger partial charge in [-0.2, -0.15) is 0 Å². The SMILES string of the molecule is C=CCCOC(=O)N(C)[C@H]1CC(=NOC2CCCCO2)C2=C[C@H](CCCCO)[C@@H](CCCCO)[C@@H]3c4cc(Oc5ccc(C)c(C)c5)ccc4O[C@@]1(OCC=C)[C@H]23. The molecule has 0 spiro atoms. The minimum absolute atomic E-state index is 0.0858. The van der Waals surface area contributed by atoms with Crippen LogP contribution in [0.25, 0.3) is 0 Å². The molecule has 0 aromatic heterocycles. The van der Waals surface area contributed by atoms with Crippen LogP contribution in [0.15, 0.2) is 78.5 Å². The summed E-state index contributed by atoms with van der Waals surface area (Å²) in [5.74, 6) is 0.290. The second-order valence-electron chi connectivity index (χ2n) is 15.8. The predicted molar refractivity (Wildman–Crippen MR) is 220 cm³/mol. The average molecular weight is 787 g/mol. The zero-order valence-corrected chi connectivity index (χ0v) is 34.0. The van der Waals surface area contributed by atoms with Crippen LogP contribution in [-0.2, 0) is 19.0 Å². The molecule has 310 valence electrons. The summed E-state index contributed by atoms with van der Waals surface area (Å²) >= 11 is 0. The van der Waals surface area contributed by atoms with E-state index >= 15 is 0 Å². The molecule has 11 heteroatoms. The molecule has 2 N–H and O–H groups in total. The van der Waals surface area contributed by atoms with E-state index in [0.717, 1.165) is 67.4 Å². The van der Waals surface area contributed by atoms with Gasteiger partial charge in [0.05, 0.1) is 31.5 Å². The van der Waals surface area contributed by atoms with E-state index in [1.807, 2.05) is 24.3 Å². The molecule has 2 aromatic rings. The maximum atomic E-state index is 13.9. The summed E-state index contributed by atoms with van der Waals surface area (Å²) in [6.45, 7) is 13.1.